The lowest BCUT2D eigenvalue weighted by Crippen LogP contribution is -2.46. The molecule has 1 aromatic rings. The fourth-order valence-electron chi connectivity index (χ4n) is 3.02. The predicted octanol–water partition coefficient (Wildman–Crippen LogP) is 3.81. The molecule has 1 aliphatic rings. The molecule has 1 heterocycles. The van der Waals surface area contributed by atoms with E-state index in [2.05, 4.69) is 75.5 Å². The van der Waals surface area contributed by atoms with E-state index >= 15 is 0 Å². The highest BCUT2D eigenvalue weighted by Gasteiger charge is 2.31. The van der Waals surface area contributed by atoms with E-state index in [1.165, 1.54) is 16.9 Å². The Balaban J connectivity index is 2.17. The molecule has 0 aliphatic carbocycles. The number of thioether (sulfide) groups is 1. The minimum absolute atomic E-state index is 0.209. The van der Waals surface area contributed by atoms with Gasteiger partial charge in [0.05, 0.1) is 0 Å². The second kappa shape index (κ2) is 6.31. The maximum Gasteiger partial charge on any atom is 0.0471 e. The van der Waals surface area contributed by atoms with Crippen molar-refractivity contribution >= 4 is 11.8 Å². The van der Waals surface area contributed by atoms with E-state index in [9.17, 15) is 0 Å². The second-order valence-corrected chi connectivity index (χ2v) is 9.50. The van der Waals surface area contributed by atoms with Crippen LogP contribution in [0.5, 0.6) is 0 Å². The molecule has 0 spiro atoms. The van der Waals surface area contributed by atoms with Crippen molar-refractivity contribution in [2.75, 3.05) is 25.4 Å². The Bertz CT molecular complexity index is 459. The molecule has 2 rings (SSSR count). The van der Waals surface area contributed by atoms with Crippen LogP contribution in [0.4, 0.5) is 0 Å². The van der Waals surface area contributed by atoms with E-state index in [1.807, 2.05) is 0 Å². The average Bonchev–Trinajstić information content (AvgIpc) is 2.38. The van der Waals surface area contributed by atoms with Crippen LogP contribution in [0.3, 0.4) is 0 Å². The van der Waals surface area contributed by atoms with Gasteiger partial charge < -0.3 is 5.73 Å². The molecule has 0 aromatic heterocycles. The van der Waals surface area contributed by atoms with Gasteiger partial charge in [-0.3, -0.25) is 4.90 Å². The van der Waals surface area contributed by atoms with Crippen LogP contribution in [0.25, 0.3) is 0 Å². The molecule has 118 valence electrons. The molecule has 0 bridgehead atoms. The van der Waals surface area contributed by atoms with Crippen molar-refractivity contribution < 1.29 is 0 Å². The minimum atomic E-state index is 0.209. The number of rotatable bonds is 3. The molecule has 1 aliphatic heterocycles. The van der Waals surface area contributed by atoms with Gasteiger partial charge in [-0.1, -0.05) is 45.0 Å². The van der Waals surface area contributed by atoms with Crippen molar-refractivity contribution in [2.24, 2.45) is 5.73 Å². The topological polar surface area (TPSA) is 29.3 Å². The molecule has 3 heteroatoms. The van der Waals surface area contributed by atoms with Crippen LogP contribution in [0, 0.1) is 0 Å². The summed E-state index contributed by atoms with van der Waals surface area (Å²) in [5, 5.41) is 0. The molecule has 1 aromatic carbocycles. The molecule has 0 amide bonds. The summed E-state index contributed by atoms with van der Waals surface area (Å²) in [6.45, 7) is 14.4. The summed E-state index contributed by atoms with van der Waals surface area (Å²) in [5.41, 5.74) is 9.05. The molecule has 1 saturated heterocycles. The molecule has 1 atom stereocenters. The molecule has 0 saturated carbocycles. The first-order valence-electron chi connectivity index (χ1n) is 7.91. The highest BCUT2D eigenvalue weighted by atomic mass is 32.2. The lowest BCUT2D eigenvalue weighted by atomic mass is 9.86. The summed E-state index contributed by atoms with van der Waals surface area (Å²) in [6.07, 6.45) is 0. The molecule has 1 fully saturated rings. The summed E-state index contributed by atoms with van der Waals surface area (Å²) in [4.78, 5) is 2.56. The summed E-state index contributed by atoms with van der Waals surface area (Å²) >= 11 is 2.07. The van der Waals surface area contributed by atoms with Gasteiger partial charge in [-0.2, -0.15) is 11.8 Å². The van der Waals surface area contributed by atoms with Crippen LogP contribution in [0.1, 0.15) is 51.8 Å². The van der Waals surface area contributed by atoms with Crippen molar-refractivity contribution in [2.45, 2.75) is 50.8 Å². The maximum atomic E-state index is 6.10. The van der Waals surface area contributed by atoms with Crippen molar-refractivity contribution in [3.8, 4) is 0 Å². The zero-order chi connectivity index (χ0) is 15.7. The van der Waals surface area contributed by atoms with Crippen molar-refractivity contribution in [3.05, 3.63) is 35.4 Å². The Labute approximate surface area is 134 Å². The quantitative estimate of drug-likeness (QED) is 0.920. The Morgan fingerprint density at radius 3 is 2.33 bits per heavy atom. The third-order valence-corrected chi connectivity index (χ3v) is 5.58. The van der Waals surface area contributed by atoms with Gasteiger partial charge in [0.25, 0.3) is 0 Å². The van der Waals surface area contributed by atoms with Gasteiger partial charge in [-0.05, 0) is 30.4 Å². The van der Waals surface area contributed by atoms with E-state index in [1.54, 1.807) is 0 Å². The van der Waals surface area contributed by atoms with Crippen LogP contribution in [0.2, 0.25) is 0 Å². The first-order chi connectivity index (χ1) is 9.73. The van der Waals surface area contributed by atoms with Crippen LogP contribution in [0.15, 0.2) is 24.3 Å². The van der Waals surface area contributed by atoms with Crippen molar-refractivity contribution in [1.29, 1.82) is 0 Å². The Kier molecular flexibility index (Phi) is 5.07. The molecule has 2 nitrogen and oxygen atoms in total. The van der Waals surface area contributed by atoms with E-state index in [4.69, 9.17) is 5.73 Å². The fraction of sp³-hybridized carbons (Fsp3) is 0.667. The van der Waals surface area contributed by atoms with E-state index in [-0.39, 0.29) is 5.41 Å². The summed E-state index contributed by atoms with van der Waals surface area (Å²) in [7, 11) is 0. The highest BCUT2D eigenvalue weighted by Crippen LogP contribution is 2.34. The van der Waals surface area contributed by atoms with Gasteiger partial charge in [0.2, 0.25) is 0 Å². The largest absolute Gasteiger partial charge is 0.329 e. The van der Waals surface area contributed by atoms with Crippen LogP contribution < -0.4 is 5.73 Å². The molecule has 2 N–H and O–H groups in total. The lowest BCUT2D eigenvalue weighted by Gasteiger charge is -2.41. The third kappa shape index (κ3) is 4.24. The first kappa shape index (κ1) is 16.9. The van der Waals surface area contributed by atoms with Crippen molar-refractivity contribution in [3.63, 3.8) is 0 Å². The monoisotopic (exact) mass is 306 g/mol. The van der Waals surface area contributed by atoms with Gasteiger partial charge in [0.1, 0.15) is 0 Å². The number of hydrogen-bond donors (Lipinski definition) is 1. The standard InChI is InChI=1S/C18H30N2S/c1-17(2,3)15-8-6-14(7-9-15)16(12-19)20-10-11-21-18(4,5)13-20/h6-9,16H,10-13,19H2,1-5H3. The van der Waals surface area contributed by atoms with Crippen LogP contribution in [-0.4, -0.2) is 35.0 Å². The smallest absolute Gasteiger partial charge is 0.0471 e. The molecule has 0 radical (unpaired) electrons. The zero-order valence-corrected chi connectivity index (χ0v) is 15.0. The first-order valence-corrected chi connectivity index (χ1v) is 8.90. The van der Waals surface area contributed by atoms with Crippen LogP contribution in [-0.2, 0) is 5.41 Å². The number of hydrogen-bond acceptors (Lipinski definition) is 3. The van der Waals surface area contributed by atoms with E-state index in [0.717, 1.165) is 13.1 Å². The highest BCUT2D eigenvalue weighted by molar-refractivity contribution is 8.00. The predicted molar refractivity (Wildman–Crippen MR) is 95.0 cm³/mol. The Hall–Kier alpha value is -0.510. The van der Waals surface area contributed by atoms with Crippen LogP contribution >= 0.6 is 11.8 Å². The van der Waals surface area contributed by atoms with E-state index in [0.29, 0.717) is 17.3 Å². The molecule has 21 heavy (non-hydrogen) atoms. The third-order valence-electron chi connectivity index (χ3n) is 4.28. The summed E-state index contributed by atoms with van der Waals surface area (Å²) < 4.78 is 0.330. The SMILES string of the molecule is CC1(C)CN(C(CN)c2ccc(C(C)(C)C)cc2)CCS1. The minimum Gasteiger partial charge on any atom is -0.329 e. The van der Waals surface area contributed by atoms with Gasteiger partial charge in [0, 0.05) is 36.2 Å². The Morgan fingerprint density at radius 1 is 1.24 bits per heavy atom. The Morgan fingerprint density at radius 2 is 1.86 bits per heavy atom. The van der Waals surface area contributed by atoms with Crippen molar-refractivity contribution in [1.82, 2.24) is 4.90 Å². The van der Waals surface area contributed by atoms with Gasteiger partial charge in [-0.15, -0.1) is 0 Å². The van der Waals surface area contributed by atoms with Gasteiger partial charge in [-0.25, -0.2) is 0 Å². The zero-order valence-electron chi connectivity index (χ0n) is 14.1. The fourth-order valence-corrected chi connectivity index (χ4v) is 4.16. The molecular formula is C18H30N2S. The number of nitrogens with two attached hydrogens (primary N) is 1. The van der Waals surface area contributed by atoms with Gasteiger partial charge >= 0.3 is 0 Å². The second-order valence-electron chi connectivity index (χ2n) is 7.70. The number of benzene rings is 1. The average molecular weight is 307 g/mol. The normalized spacial score (nSPS) is 21.2. The summed E-state index contributed by atoms with van der Waals surface area (Å²) in [5.74, 6) is 1.20. The molecular weight excluding hydrogens is 276 g/mol. The summed E-state index contributed by atoms with van der Waals surface area (Å²) in [6, 6.07) is 9.42. The van der Waals surface area contributed by atoms with Gasteiger partial charge in [0.15, 0.2) is 0 Å². The lowest BCUT2D eigenvalue weighted by molar-refractivity contribution is 0.192. The van der Waals surface area contributed by atoms with E-state index < -0.39 is 0 Å². The maximum absolute atomic E-state index is 6.10. The number of nitrogens with zero attached hydrogens (tertiary/aromatic N) is 1. The molecule has 1 unspecified atom stereocenters.